The predicted molar refractivity (Wildman–Crippen MR) is 117 cm³/mol. The number of hydrogen-bond acceptors (Lipinski definition) is 5. The van der Waals surface area contributed by atoms with Gasteiger partial charge in [-0.25, -0.2) is 15.0 Å². The van der Waals surface area contributed by atoms with E-state index < -0.39 is 0 Å². The van der Waals surface area contributed by atoms with Crippen LogP contribution in [0.2, 0.25) is 0 Å². The van der Waals surface area contributed by atoms with Crippen molar-refractivity contribution in [2.45, 2.75) is 26.8 Å². The van der Waals surface area contributed by atoms with Crippen molar-refractivity contribution >= 4 is 17.3 Å². The Bertz CT molecular complexity index is 1090. The summed E-state index contributed by atoms with van der Waals surface area (Å²) >= 11 is 1.66. The third-order valence-corrected chi connectivity index (χ3v) is 5.55. The normalized spacial score (nSPS) is 12.0. The lowest BCUT2D eigenvalue weighted by atomic mass is 10.1. The van der Waals surface area contributed by atoms with Crippen molar-refractivity contribution in [3.63, 3.8) is 0 Å². The summed E-state index contributed by atoms with van der Waals surface area (Å²) in [5, 5.41) is 4.43. The second kappa shape index (κ2) is 7.90. The molecule has 2 heterocycles. The Morgan fingerprint density at radius 1 is 0.929 bits per heavy atom. The molecule has 2 aromatic carbocycles. The van der Waals surface area contributed by atoms with E-state index in [1.54, 1.807) is 17.5 Å². The minimum atomic E-state index is 0.121. The molecule has 0 saturated heterocycles. The van der Waals surface area contributed by atoms with Gasteiger partial charge in [-0.1, -0.05) is 54.1 Å². The molecule has 5 heteroatoms. The van der Waals surface area contributed by atoms with Crippen LogP contribution in [0.4, 0.5) is 5.95 Å². The number of nitrogens with zero attached hydrogens (tertiary/aromatic N) is 3. The fourth-order valence-corrected chi connectivity index (χ4v) is 4.07. The van der Waals surface area contributed by atoms with E-state index in [1.165, 1.54) is 11.1 Å². The molecule has 0 radical (unpaired) electrons. The van der Waals surface area contributed by atoms with Crippen LogP contribution in [0.15, 0.2) is 66.9 Å². The van der Waals surface area contributed by atoms with Crippen molar-refractivity contribution in [3.8, 4) is 21.8 Å². The van der Waals surface area contributed by atoms with E-state index in [2.05, 4.69) is 60.5 Å². The van der Waals surface area contributed by atoms with E-state index in [0.29, 0.717) is 5.95 Å². The molecule has 4 rings (SSSR count). The molecule has 0 aliphatic rings. The number of thiazole rings is 1. The molecule has 1 unspecified atom stereocenters. The molecule has 2 aromatic heterocycles. The second-order valence-electron chi connectivity index (χ2n) is 6.82. The molecule has 4 aromatic rings. The SMILES string of the molecule is Cc1cccc(-c2nc(C)sc2-c2ccnc(NC(C)c3ccccc3)n2)c1. The summed E-state index contributed by atoms with van der Waals surface area (Å²) in [5.41, 5.74) is 5.40. The van der Waals surface area contributed by atoms with Crippen LogP contribution in [-0.2, 0) is 0 Å². The molecule has 1 N–H and O–H groups in total. The second-order valence-corrected chi connectivity index (χ2v) is 8.03. The molecule has 140 valence electrons. The number of anilines is 1. The van der Waals surface area contributed by atoms with Crippen molar-refractivity contribution in [2.75, 3.05) is 5.32 Å². The molecular weight excluding hydrogens is 364 g/mol. The van der Waals surface area contributed by atoms with Gasteiger partial charge in [-0.15, -0.1) is 11.3 Å². The first-order chi connectivity index (χ1) is 13.6. The smallest absolute Gasteiger partial charge is 0.223 e. The standard InChI is InChI=1S/C23H22N4S/c1-15-8-7-11-19(14-15)21-22(28-17(3)26-21)20-12-13-24-23(27-20)25-16(2)18-9-5-4-6-10-18/h4-14,16H,1-3H3,(H,24,25,27). The number of rotatable bonds is 5. The lowest BCUT2D eigenvalue weighted by Crippen LogP contribution is -2.09. The Morgan fingerprint density at radius 2 is 1.75 bits per heavy atom. The highest BCUT2D eigenvalue weighted by atomic mass is 32.1. The summed E-state index contributed by atoms with van der Waals surface area (Å²) in [6.45, 7) is 6.24. The van der Waals surface area contributed by atoms with Crippen LogP contribution >= 0.6 is 11.3 Å². The summed E-state index contributed by atoms with van der Waals surface area (Å²) in [5.74, 6) is 0.620. The first-order valence-corrected chi connectivity index (χ1v) is 10.1. The lowest BCUT2D eigenvalue weighted by molar-refractivity contribution is 0.861. The van der Waals surface area contributed by atoms with E-state index >= 15 is 0 Å². The minimum Gasteiger partial charge on any atom is -0.348 e. The maximum absolute atomic E-state index is 4.78. The van der Waals surface area contributed by atoms with Gasteiger partial charge in [-0.05, 0) is 38.5 Å². The molecule has 4 nitrogen and oxygen atoms in total. The van der Waals surface area contributed by atoms with Crippen LogP contribution in [-0.4, -0.2) is 15.0 Å². The predicted octanol–water partition coefficient (Wildman–Crippen LogP) is 6.06. The zero-order chi connectivity index (χ0) is 19.5. The fourth-order valence-electron chi connectivity index (χ4n) is 3.16. The van der Waals surface area contributed by atoms with Crippen LogP contribution in [0.1, 0.15) is 29.1 Å². The number of aryl methyl sites for hydroxylation is 2. The number of hydrogen-bond donors (Lipinski definition) is 1. The molecule has 28 heavy (non-hydrogen) atoms. The van der Waals surface area contributed by atoms with E-state index in [1.807, 2.05) is 31.2 Å². The van der Waals surface area contributed by atoms with Crippen LogP contribution in [0, 0.1) is 13.8 Å². The van der Waals surface area contributed by atoms with Crippen molar-refractivity contribution in [3.05, 3.63) is 83.0 Å². The minimum absolute atomic E-state index is 0.121. The van der Waals surface area contributed by atoms with Gasteiger partial charge >= 0.3 is 0 Å². The first-order valence-electron chi connectivity index (χ1n) is 9.29. The Kier molecular flexibility index (Phi) is 5.17. The van der Waals surface area contributed by atoms with E-state index in [0.717, 1.165) is 26.8 Å². The number of benzene rings is 2. The first kappa shape index (κ1) is 18.3. The van der Waals surface area contributed by atoms with E-state index in [4.69, 9.17) is 9.97 Å². The summed E-state index contributed by atoms with van der Waals surface area (Å²) in [4.78, 5) is 15.0. The van der Waals surface area contributed by atoms with Gasteiger partial charge in [0.25, 0.3) is 0 Å². The van der Waals surface area contributed by atoms with Gasteiger partial charge in [0.15, 0.2) is 0 Å². The molecule has 0 spiro atoms. The fraction of sp³-hybridized carbons (Fsp3) is 0.174. The van der Waals surface area contributed by atoms with Crippen LogP contribution in [0.3, 0.4) is 0 Å². The maximum Gasteiger partial charge on any atom is 0.223 e. The summed E-state index contributed by atoms with van der Waals surface area (Å²) in [6, 6.07) is 20.8. The average Bonchev–Trinajstić information content (AvgIpc) is 3.11. The Hall–Kier alpha value is -3.05. The molecule has 0 fully saturated rings. The molecule has 0 saturated carbocycles. The Morgan fingerprint density at radius 3 is 2.54 bits per heavy atom. The van der Waals surface area contributed by atoms with Crippen molar-refractivity contribution in [1.29, 1.82) is 0 Å². The van der Waals surface area contributed by atoms with Crippen LogP contribution in [0.25, 0.3) is 21.8 Å². The largest absolute Gasteiger partial charge is 0.348 e. The van der Waals surface area contributed by atoms with Crippen molar-refractivity contribution in [1.82, 2.24) is 15.0 Å². The lowest BCUT2D eigenvalue weighted by Gasteiger charge is -2.14. The highest BCUT2D eigenvalue weighted by molar-refractivity contribution is 7.15. The topological polar surface area (TPSA) is 50.7 Å². The highest BCUT2D eigenvalue weighted by Crippen LogP contribution is 2.36. The molecule has 1 atom stereocenters. The molecule has 0 aliphatic heterocycles. The quantitative estimate of drug-likeness (QED) is 0.453. The maximum atomic E-state index is 4.78. The molecule has 0 bridgehead atoms. The van der Waals surface area contributed by atoms with E-state index in [-0.39, 0.29) is 6.04 Å². The Labute approximate surface area is 169 Å². The molecule has 0 aliphatic carbocycles. The zero-order valence-corrected chi connectivity index (χ0v) is 17.0. The highest BCUT2D eigenvalue weighted by Gasteiger charge is 2.16. The third kappa shape index (κ3) is 3.94. The van der Waals surface area contributed by atoms with Gasteiger partial charge in [0.05, 0.1) is 27.3 Å². The number of nitrogens with one attached hydrogen (secondary N) is 1. The summed E-state index contributed by atoms with van der Waals surface area (Å²) < 4.78 is 0. The van der Waals surface area contributed by atoms with Gasteiger partial charge in [0, 0.05) is 11.8 Å². The third-order valence-electron chi connectivity index (χ3n) is 4.56. The molecule has 0 amide bonds. The van der Waals surface area contributed by atoms with Crippen LogP contribution in [0.5, 0.6) is 0 Å². The molecular formula is C23H22N4S. The van der Waals surface area contributed by atoms with E-state index in [9.17, 15) is 0 Å². The van der Waals surface area contributed by atoms with Gasteiger partial charge in [0.1, 0.15) is 0 Å². The summed E-state index contributed by atoms with van der Waals surface area (Å²) in [7, 11) is 0. The monoisotopic (exact) mass is 386 g/mol. The van der Waals surface area contributed by atoms with Crippen molar-refractivity contribution in [2.24, 2.45) is 0 Å². The zero-order valence-electron chi connectivity index (χ0n) is 16.2. The number of aromatic nitrogens is 3. The van der Waals surface area contributed by atoms with Gasteiger partial charge in [-0.2, -0.15) is 0 Å². The van der Waals surface area contributed by atoms with Gasteiger partial charge < -0.3 is 5.32 Å². The summed E-state index contributed by atoms with van der Waals surface area (Å²) in [6.07, 6.45) is 1.80. The average molecular weight is 387 g/mol. The Balaban J connectivity index is 1.67. The van der Waals surface area contributed by atoms with Crippen molar-refractivity contribution < 1.29 is 0 Å². The van der Waals surface area contributed by atoms with Gasteiger partial charge in [0.2, 0.25) is 5.95 Å². The van der Waals surface area contributed by atoms with Gasteiger partial charge in [-0.3, -0.25) is 0 Å². The van der Waals surface area contributed by atoms with Crippen LogP contribution < -0.4 is 5.32 Å².